The van der Waals surface area contributed by atoms with Gasteiger partial charge in [0.15, 0.2) is 5.82 Å². The van der Waals surface area contributed by atoms with Gasteiger partial charge in [0.25, 0.3) is 5.91 Å². The molecule has 1 unspecified atom stereocenters. The third-order valence-electron chi connectivity index (χ3n) is 3.43. The van der Waals surface area contributed by atoms with Gasteiger partial charge in [-0.25, -0.2) is 4.39 Å². The third kappa shape index (κ3) is 3.04. The standard InChI is InChI=1S/C13H17FN2O2/c14-11-7-15-6-5-10(11)13(18)16-8-12(17)9-3-1-2-4-9/h5-7,9,12,17H,1-4,8H2,(H,16,18). The van der Waals surface area contributed by atoms with E-state index in [2.05, 4.69) is 10.3 Å². The smallest absolute Gasteiger partial charge is 0.254 e. The first kappa shape index (κ1) is 13.0. The number of aliphatic hydroxyl groups excluding tert-OH is 1. The van der Waals surface area contributed by atoms with Gasteiger partial charge >= 0.3 is 0 Å². The molecule has 0 aromatic carbocycles. The first-order chi connectivity index (χ1) is 8.68. The van der Waals surface area contributed by atoms with Gasteiger partial charge in [0.05, 0.1) is 17.9 Å². The molecule has 5 heteroatoms. The second-order valence-corrected chi connectivity index (χ2v) is 4.68. The Kier molecular flexibility index (Phi) is 4.25. The largest absolute Gasteiger partial charge is 0.391 e. The number of nitrogens with zero attached hydrogens (tertiary/aromatic N) is 1. The molecule has 1 heterocycles. The molecule has 1 aromatic rings. The topological polar surface area (TPSA) is 62.2 Å². The van der Waals surface area contributed by atoms with E-state index in [-0.39, 0.29) is 18.0 Å². The van der Waals surface area contributed by atoms with Gasteiger partial charge in [0.1, 0.15) is 0 Å². The Hall–Kier alpha value is -1.49. The van der Waals surface area contributed by atoms with Crippen LogP contribution in [0.2, 0.25) is 0 Å². The number of halogens is 1. The predicted octanol–water partition coefficient (Wildman–Crippen LogP) is 1.50. The molecule has 0 spiro atoms. The summed E-state index contributed by atoms with van der Waals surface area (Å²) in [6.07, 6.45) is 6.10. The molecule has 1 aromatic heterocycles. The fourth-order valence-electron chi connectivity index (χ4n) is 2.36. The van der Waals surface area contributed by atoms with Crippen LogP contribution in [0.3, 0.4) is 0 Å². The number of nitrogens with one attached hydrogen (secondary N) is 1. The van der Waals surface area contributed by atoms with Crippen molar-refractivity contribution >= 4 is 5.91 Å². The molecule has 1 aliphatic rings. The zero-order chi connectivity index (χ0) is 13.0. The number of pyridine rings is 1. The summed E-state index contributed by atoms with van der Waals surface area (Å²) in [6, 6.07) is 1.33. The molecule has 1 atom stereocenters. The van der Waals surface area contributed by atoms with Crippen molar-refractivity contribution in [3.8, 4) is 0 Å². The number of carbonyl (C=O) groups excluding carboxylic acids is 1. The molecule has 0 saturated heterocycles. The molecular formula is C13H17FN2O2. The maximum Gasteiger partial charge on any atom is 0.254 e. The molecule has 2 N–H and O–H groups in total. The van der Waals surface area contributed by atoms with E-state index in [0.29, 0.717) is 0 Å². The van der Waals surface area contributed by atoms with Crippen molar-refractivity contribution in [2.75, 3.05) is 6.54 Å². The average Bonchev–Trinajstić information content (AvgIpc) is 2.90. The van der Waals surface area contributed by atoms with Gasteiger partial charge < -0.3 is 10.4 Å². The van der Waals surface area contributed by atoms with E-state index in [1.807, 2.05) is 0 Å². The van der Waals surface area contributed by atoms with E-state index in [4.69, 9.17) is 0 Å². The van der Waals surface area contributed by atoms with Crippen LogP contribution in [-0.4, -0.2) is 28.6 Å². The SMILES string of the molecule is O=C(NCC(O)C1CCCC1)c1ccncc1F. The number of aliphatic hydroxyl groups is 1. The molecule has 2 rings (SSSR count). The zero-order valence-electron chi connectivity index (χ0n) is 10.1. The molecular weight excluding hydrogens is 235 g/mol. The highest BCUT2D eigenvalue weighted by Crippen LogP contribution is 2.27. The molecule has 18 heavy (non-hydrogen) atoms. The second-order valence-electron chi connectivity index (χ2n) is 4.68. The summed E-state index contributed by atoms with van der Waals surface area (Å²) < 4.78 is 13.3. The third-order valence-corrected chi connectivity index (χ3v) is 3.43. The van der Waals surface area contributed by atoms with E-state index < -0.39 is 17.8 Å². The molecule has 1 aliphatic carbocycles. The fraction of sp³-hybridized carbons (Fsp3) is 0.538. The van der Waals surface area contributed by atoms with Crippen LogP contribution < -0.4 is 5.32 Å². The Morgan fingerprint density at radius 3 is 2.94 bits per heavy atom. The van der Waals surface area contributed by atoms with E-state index in [1.54, 1.807) is 0 Å². The van der Waals surface area contributed by atoms with Crippen molar-refractivity contribution in [1.82, 2.24) is 10.3 Å². The summed E-state index contributed by atoms with van der Waals surface area (Å²) in [4.78, 5) is 15.3. The minimum atomic E-state index is -0.648. The molecule has 0 radical (unpaired) electrons. The molecule has 0 bridgehead atoms. The molecule has 1 fully saturated rings. The Bertz CT molecular complexity index is 419. The monoisotopic (exact) mass is 252 g/mol. The van der Waals surface area contributed by atoms with Gasteiger partial charge in [-0.2, -0.15) is 0 Å². The lowest BCUT2D eigenvalue weighted by molar-refractivity contribution is 0.0837. The van der Waals surface area contributed by atoms with Gasteiger partial charge in [0.2, 0.25) is 0 Å². The van der Waals surface area contributed by atoms with Gasteiger partial charge in [-0.1, -0.05) is 12.8 Å². The molecule has 1 amide bonds. The van der Waals surface area contributed by atoms with Crippen LogP contribution in [0.25, 0.3) is 0 Å². The molecule has 98 valence electrons. The van der Waals surface area contributed by atoms with Crippen LogP contribution in [0.15, 0.2) is 18.5 Å². The lowest BCUT2D eigenvalue weighted by atomic mass is 10.0. The van der Waals surface area contributed by atoms with Gasteiger partial charge in [0, 0.05) is 12.7 Å². The van der Waals surface area contributed by atoms with E-state index in [0.717, 1.165) is 31.9 Å². The number of aromatic nitrogens is 1. The molecule has 4 nitrogen and oxygen atoms in total. The van der Waals surface area contributed by atoms with Crippen molar-refractivity contribution < 1.29 is 14.3 Å². The minimum absolute atomic E-state index is 0.0383. The lowest BCUT2D eigenvalue weighted by Crippen LogP contribution is -2.35. The summed E-state index contributed by atoms with van der Waals surface area (Å²) in [5, 5.41) is 12.5. The maximum absolute atomic E-state index is 13.3. The highest BCUT2D eigenvalue weighted by atomic mass is 19.1. The highest BCUT2D eigenvalue weighted by Gasteiger charge is 2.23. The normalized spacial score (nSPS) is 17.7. The van der Waals surface area contributed by atoms with Crippen LogP contribution in [-0.2, 0) is 0 Å². The predicted molar refractivity (Wildman–Crippen MR) is 64.5 cm³/mol. The summed E-state index contributed by atoms with van der Waals surface area (Å²) in [7, 11) is 0. The maximum atomic E-state index is 13.3. The number of hydrogen-bond donors (Lipinski definition) is 2. The number of hydrogen-bond acceptors (Lipinski definition) is 3. The lowest BCUT2D eigenvalue weighted by Gasteiger charge is -2.18. The number of rotatable bonds is 4. The first-order valence-corrected chi connectivity index (χ1v) is 6.24. The van der Waals surface area contributed by atoms with Crippen molar-refractivity contribution in [2.24, 2.45) is 5.92 Å². The number of carbonyl (C=O) groups is 1. The van der Waals surface area contributed by atoms with E-state index >= 15 is 0 Å². The van der Waals surface area contributed by atoms with E-state index in [9.17, 15) is 14.3 Å². The van der Waals surface area contributed by atoms with E-state index in [1.165, 1.54) is 12.3 Å². The fourth-order valence-corrected chi connectivity index (χ4v) is 2.36. The van der Waals surface area contributed by atoms with Crippen LogP contribution in [0.4, 0.5) is 4.39 Å². The summed E-state index contributed by atoms with van der Waals surface area (Å²) in [6.45, 7) is 0.172. The zero-order valence-corrected chi connectivity index (χ0v) is 10.1. The molecule has 0 aliphatic heterocycles. The average molecular weight is 252 g/mol. The van der Waals surface area contributed by atoms with Crippen LogP contribution in [0, 0.1) is 11.7 Å². The van der Waals surface area contributed by atoms with Crippen molar-refractivity contribution in [2.45, 2.75) is 31.8 Å². The summed E-state index contributed by atoms with van der Waals surface area (Å²) in [5.74, 6) is -0.898. The van der Waals surface area contributed by atoms with Gasteiger partial charge in [-0.05, 0) is 24.8 Å². The van der Waals surface area contributed by atoms with Crippen LogP contribution >= 0.6 is 0 Å². The Morgan fingerprint density at radius 1 is 1.56 bits per heavy atom. The Morgan fingerprint density at radius 2 is 2.28 bits per heavy atom. The second kappa shape index (κ2) is 5.91. The highest BCUT2D eigenvalue weighted by molar-refractivity contribution is 5.94. The van der Waals surface area contributed by atoms with Gasteiger partial charge in [-0.15, -0.1) is 0 Å². The summed E-state index contributed by atoms with van der Waals surface area (Å²) in [5.41, 5.74) is -0.0383. The van der Waals surface area contributed by atoms with Crippen molar-refractivity contribution in [1.29, 1.82) is 0 Å². The minimum Gasteiger partial charge on any atom is -0.391 e. The first-order valence-electron chi connectivity index (χ1n) is 6.24. The quantitative estimate of drug-likeness (QED) is 0.853. The van der Waals surface area contributed by atoms with Crippen LogP contribution in [0.5, 0.6) is 0 Å². The molecule has 1 saturated carbocycles. The summed E-state index contributed by atoms with van der Waals surface area (Å²) >= 11 is 0. The Balaban J connectivity index is 1.86. The van der Waals surface area contributed by atoms with Gasteiger partial charge in [-0.3, -0.25) is 9.78 Å². The van der Waals surface area contributed by atoms with Crippen LogP contribution in [0.1, 0.15) is 36.0 Å². The number of amides is 1. The van der Waals surface area contributed by atoms with Crippen molar-refractivity contribution in [3.05, 3.63) is 29.8 Å². The Labute approximate surface area is 105 Å². The van der Waals surface area contributed by atoms with Crippen molar-refractivity contribution in [3.63, 3.8) is 0 Å².